The summed E-state index contributed by atoms with van der Waals surface area (Å²) in [5, 5.41) is 0. The Labute approximate surface area is 103 Å². The molecule has 0 radical (unpaired) electrons. The molecule has 16 heavy (non-hydrogen) atoms. The highest BCUT2D eigenvalue weighted by molar-refractivity contribution is 9.10. The third-order valence-electron chi connectivity index (χ3n) is 2.78. The minimum atomic E-state index is 0.0630. The second kappa shape index (κ2) is 4.93. The number of amides is 1. The van der Waals surface area contributed by atoms with Crippen molar-refractivity contribution in [1.29, 1.82) is 0 Å². The average molecular weight is 284 g/mol. The summed E-state index contributed by atoms with van der Waals surface area (Å²) in [6.07, 6.45) is 1.67. The Hall–Kier alpha value is -0.940. The quantitative estimate of drug-likeness (QED) is 0.728. The molecular formula is C11H14BrN3O. The van der Waals surface area contributed by atoms with Crippen LogP contribution in [-0.2, 0) is 0 Å². The van der Waals surface area contributed by atoms with Crippen molar-refractivity contribution in [3.05, 3.63) is 28.5 Å². The summed E-state index contributed by atoms with van der Waals surface area (Å²) in [6, 6.07) is 3.59. The van der Waals surface area contributed by atoms with Gasteiger partial charge in [0.15, 0.2) is 0 Å². The molecular weight excluding hydrogens is 270 g/mol. The fraction of sp³-hybridized carbons (Fsp3) is 0.455. The highest BCUT2D eigenvalue weighted by Crippen LogP contribution is 2.15. The second-order valence-electron chi connectivity index (χ2n) is 3.94. The van der Waals surface area contributed by atoms with E-state index in [1.165, 1.54) is 0 Å². The van der Waals surface area contributed by atoms with Gasteiger partial charge in [0.05, 0.1) is 5.56 Å². The zero-order valence-electron chi connectivity index (χ0n) is 9.19. The van der Waals surface area contributed by atoms with E-state index in [0.29, 0.717) is 10.2 Å². The zero-order valence-corrected chi connectivity index (χ0v) is 10.8. The van der Waals surface area contributed by atoms with Crippen molar-refractivity contribution in [3.8, 4) is 0 Å². The van der Waals surface area contributed by atoms with Crippen LogP contribution >= 0.6 is 15.9 Å². The van der Waals surface area contributed by atoms with Crippen molar-refractivity contribution in [2.75, 3.05) is 33.2 Å². The molecule has 0 aromatic carbocycles. The molecule has 1 aliphatic heterocycles. The third kappa shape index (κ3) is 2.41. The van der Waals surface area contributed by atoms with Crippen LogP contribution in [0.5, 0.6) is 0 Å². The fourth-order valence-electron chi connectivity index (χ4n) is 1.73. The van der Waals surface area contributed by atoms with Gasteiger partial charge in [-0.25, -0.2) is 4.98 Å². The largest absolute Gasteiger partial charge is 0.336 e. The van der Waals surface area contributed by atoms with Crippen LogP contribution < -0.4 is 0 Å². The van der Waals surface area contributed by atoms with Gasteiger partial charge in [0, 0.05) is 32.4 Å². The lowest BCUT2D eigenvalue weighted by molar-refractivity contribution is 0.0662. The van der Waals surface area contributed by atoms with Gasteiger partial charge in [-0.2, -0.15) is 0 Å². The van der Waals surface area contributed by atoms with Crippen molar-refractivity contribution in [3.63, 3.8) is 0 Å². The number of pyridine rings is 1. The van der Waals surface area contributed by atoms with Gasteiger partial charge >= 0.3 is 0 Å². The first kappa shape index (κ1) is 11.5. The van der Waals surface area contributed by atoms with Gasteiger partial charge in [0.25, 0.3) is 5.91 Å². The molecule has 0 saturated carbocycles. The summed E-state index contributed by atoms with van der Waals surface area (Å²) in [5.74, 6) is 0.0630. The fourth-order valence-corrected chi connectivity index (χ4v) is 2.15. The van der Waals surface area contributed by atoms with E-state index < -0.39 is 0 Å². The lowest BCUT2D eigenvalue weighted by Crippen LogP contribution is -2.47. The van der Waals surface area contributed by atoms with Crippen LogP contribution in [0.2, 0.25) is 0 Å². The second-order valence-corrected chi connectivity index (χ2v) is 4.69. The van der Waals surface area contributed by atoms with Gasteiger partial charge in [0.1, 0.15) is 4.60 Å². The van der Waals surface area contributed by atoms with Crippen LogP contribution in [0.3, 0.4) is 0 Å². The molecule has 5 heteroatoms. The molecule has 0 bridgehead atoms. The van der Waals surface area contributed by atoms with Crippen LogP contribution in [-0.4, -0.2) is 53.9 Å². The van der Waals surface area contributed by atoms with E-state index in [2.05, 4.69) is 32.9 Å². The first-order valence-electron chi connectivity index (χ1n) is 5.27. The van der Waals surface area contributed by atoms with E-state index in [-0.39, 0.29) is 5.91 Å². The Bertz CT molecular complexity index is 389. The Morgan fingerprint density at radius 1 is 1.38 bits per heavy atom. The Morgan fingerprint density at radius 3 is 2.69 bits per heavy atom. The summed E-state index contributed by atoms with van der Waals surface area (Å²) < 4.78 is 0.624. The van der Waals surface area contributed by atoms with Gasteiger partial charge < -0.3 is 9.80 Å². The van der Waals surface area contributed by atoms with Crippen molar-refractivity contribution in [2.24, 2.45) is 0 Å². The van der Waals surface area contributed by atoms with Crippen molar-refractivity contribution >= 4 is 21.8 Å². The molecule has 1 fully saturated rings. The van der Waals surface area contributed by atoms with Crippen molar-refractivity contribution in [1.82, 2.24) is 14.8 Å². The molecule has 86 valence electrons. The van der Waals surface area contributed by atoms with Crippen LogP contribution in [0.1, 0.15) is 10.4 Å². The van der Waals surface area contributed by atoms with Crippen molar-refractivity contribution < 1.29 is 4.79 Å². The lowest BCUT2D eigenvalue weighted by Gasteiger charge is -2.32. The number of carbonyl (C=O) groups excluding carboxylic acids is 1. The van der Waals surface area contributed by atoms with Crippen LogP contribution in [0.4, 0.5) is 0 Å². The molecule has 0 spiro atoms. The molecule has 0 N–H and O–H groups in total. The van der Waals surface area contributed by atoms with E-state index in [0.717, 1.165) is 26.2 Å². The molecule has 1 saturated heterocycles. The molecule has 0 atom stereocenters. The van der Waals surface area contributed by atoms with Gasteiger partial charge in [-0.1, -0.05) is 0 Å². The van der Waals surface area contributed by atoms with Crippen LogP contribution in [0.25, 0.3) is 0 Å². The van der Waals surface area contributed by atoms with Crippen molar-refractivity contribution in [2.45, 2.75) is 0 Å². The number of carbonyl (C=O) groups is 1. The Balaban J connectivity index is 2.11. The lowest BCUT2D eigenvalue weighted by atomic mass is 10.2. The minimum absolute atomic E-state index is 0.0630. The highest BCUT2D eigenvalue weighted by atomic mass is 79.9. The number of nitrogens with zero attached hydrogens (tertiary/aromatic N) is 3. The first-order chi connectivity index (χ1) is 7.68. The SMILES string of the molecule is CN1CCN(C(=O)c2cccnc2Br)CC1. The number of hydrogen-bond donors (Lipinski definition) is 0. The molecule has 2 heterocycles. The number of piperazine rings is 1. The van der Waals surface area contributed by atoms with E-state index >= 15 is 0 Å². The Kier molecular flexibility index (Phi) is 3.56. The summed E-state index contributed by atoms with van der Waals surface area (Å²) in [5.41, 5.74) is 0.645. The smallest absolute Gasteiger partial charge is 0.256 e. The maximum Gasteiger partial charge on any atom is 0.256 e. The summed E-state index contributed by atoms with van der Waals surface area (Å²) in [6.45, 7) is 3.45. The first-order valence-corrected chi connectivity index (χ1v) is 6.06. The predicted octanol–water partition coefficient (Wildman–Crippen LogP) is 1.23. The molecule has 0 unspecified atom stereocenters. The Morgan fingerprint density at radius 2 is 2.06 bits per heavy atom. The zero-order chi connectivity index (χ0) is 11.5. The molecule has 4 nitrogen and oxygen atoms in total. The number of halogens is 1. The number of likely N-dealkylation sites (N-methyl/N-ethyl adjacent to an activating group) is 1. The normalized spacial score (nSPS) is 17.5. The standard InChI is InChI=1S/C11H14BrN3O/c1-14-5-7-15(8-6-14)11(16)9-3-2-4-13-10(9)12/h2-4H,5-8H2,1H3. The number of aromatic nitrogens is 1. The molecule has 0 aliphatic carbocycles. The van der Waals surface area contributed by atoms with E-state index in [1.54, 1.807) is 18.3 Å². The van der Waals surface area contributed by atoms with Gasteiger partial charge in [-0.15, -0.1) is 0 Å². The summed E-state index contributed by atoms with van der Waals surface area (Å²) in [4.78, 5) is 20.3. The monoisotopic (exact) mass is 283 g/mol. The van der Waals surface area contributed by atoms with Crippen LogP contribution in [0, 0.1) is 0 Å². The number of rotatable bonds is 1. The predicted molar refractivity (Wildman–Crippen MR) is 65.3 cm³/mol. The number of hydrogen-bond acceptors (Lipinski definition) is 3. The van der Waals surface area contributed by atoms with Gasteiger partial charge in [-0.05, 0) is 35.1 Å². The maximum absolute atomic E-state index is 12.2. The topological polar surface area (TPSA) is 36.4 Å². The maximum atomic E-state index is 12.2. The van der Waals surface area contributed by atoms with E-state index in [1.807, 2.05) is 4.90 Å². The van der Waals surface area contributed by atoms with Gasteiger partial charge in [-0.3, -0.25) is 4.79 Å². The van der Waals surface area contributed by atoms with Crippen LogP contribution in [0.15, 0.2) is 22.9 Å². The summed E-state index contributed by atoms with van der Waals surface area (Å²) in [7, 11) is 2.07. The highest BCUT2D eigenvalue weighted by Gasteiger charge is 2.21. The molecule has 1 aromatic rings. The minimum Gasteiger partial charge on any atom is -0.336 e. The van der Waals surface area contributed by atoms with Gasteiger partial charge in [0.2, 0.25) is 0 Å². The third-order valence-corrected chi connectivity index (χ3v) is 3.41. The summed E-state index contributed by atoms with van der Waals surface area (Å²) >= 11 is 3.31. The average Bonchev–Trinajstić information content (AvgIpc) is 2.30. The molecule has 2 rings (SSSR count). The molecule has 1 amide bonds. The molecule has 1 aromatic heterocycles. The molecule has 1 aliphatic rings. The van der Waals surface area contributed by atoms with E-state index in [9.17, 15) is 4.79 Å². The van der Waals surface area contributed by atoms with E-state index in [4.69, 9.17) is 0 Å².